The molecule has 0 fully saturated rings. The average molecular weight is 171 g/mol. The minimum Gasteiger partial charge on any atom is -0.377 e. The van der Waals surface area contributed by atoms with Crippen molar-refractivity contribution in [1.29, 1.82) is 0 Å². The van der Waals surface area contributed by atoms with E-state index in [0.717, 1.165) is 0 Å². The molecule has 0 radical (unpaired) electrons. The molecule has 0 amide bonds. The molecular formula is C6H9N3O3. The maximum absolute atomic E-state index is 10.4. The number of carbonyl (C=O) groups excluding carboxylic acids is 2. The molecule has 1 aromatic heterocycles. The zero-order chi connectivity index (χ0) is 8.97. The highest BCUT2D eigenvalue weighted by atomic mass is 16.3. The summed E-state index contributed by atoms with van der Waals surface area (Å²) in [5.74, 6) is 0.439. The van der Waals surface area contributed by atoms with E-state index < -0.39 is 0 Å². The predicted octanol–water partition coefficient (Wildman–Crippen LogP) is -0.811. The predicted molar refractivity (Wildman–Crippen MR) is 40.9 cm³/mol. The maximum atomic E-state index is 10.4. The molecule has 6 nitrogen and oxygen atoms in total. The van der Waals surface area contributed by atoms with Crippen LogP contribution in [0.2, 0.25) is 0 Å². The third kappa shape index (κ3) is 1.37. The lowest BCUT2D eigenvalue weighted by atomic mass is 10.4. The lowest BCUT2D eigenvalue weighted by Crippen LogP contribution is -2.22. The topological polar surface area (TPSA) is 87.1 Å². The average Bonchev–Trinajstić information content (AvgIpc) is 2.03. The van der Waals surface area contributed by atoms with Crippen LogP contribution in [0.4, 0.5) is 5.82 Å². The molecule has 1 rings (SSSR count). The van der Waals surface area contributed by atoms with E-state index in [1.54, 1.807) is 0 Å². The number of H-pyrrole nitrogens is 1. The zero-order valence-corrected chi connectivity index (χ0v) is 6.28. The van der Waals surface area contributed by atoms with Gasteiger partial charge in [-0.2, -0.15) is 0 Å². The van der Waals surface area contributed by atoms with Crippen molar-refractivity contribution in [3.63, 3.8) is 0 Å². The van der Waals surface area contributed by atoms with Gasteiger partial charge >= 0.3 is 0 Å². The van der Waals surface area contributed by atoms with Gasteiger partial charge in [-0.15, -0.1) is 0 Å². The molecule has 0 saturated heterocycles. The van der Waals surface area contributed by atoms with Crippen molar-refractivity contribution in [2.45, 2.75) is 6.54 Å². The summed E-state index contributed by atoms with van der Waals surface area (Å²) >= 11 is 0. The van der Waals surface area contributed by atoms with Crippen molar-refractivity contribution in [3.05, 3.63) is 5.69 Å². The van der Waals surface area contributed by atoms with E-state index in [2.05, 4.69) is 10.4 Å². The number of hydrogen-bond acceptors (Lipinski definition) is 4. The normalized spacial score (nSPS) is 9.75. The Hall–Kier alpha value is -1.56. The Morgan fingerprint density at radius 2 is 2.33 bits per heavy atom. The number of hydrogen-bond donors (Lipinski definition) is 3. The number of rotatable bonds is 5. The van der Waals surface area contributed by atoms with Crippen LogP contribution >= 0.6 is 0 Å². The monoisotopic (exact) mass is 171 g/mol. The summed E-state index contributed by atoms with van der Waals surface area (Å²) in [5.41, 5.74) is 0.344. The van der Waals surface area contributed by atoms with Crippen LogP contribution < -0.4 is 5.32 Å². The van der Waals surface area contributed by atoms with Crippen molar-refractivity contribution >= 4 is 18.4 Å². The van der Waals surface area contributed by atoms with Gasteiger partial charge in [0.15, 0.2) is 6.29 Å². The van der Waals surface area contributed by atoms with Crippen LogP contribution in [0.3, 0.4) is 0 Å². The zero-order valence-electron chi connectivity index (χ0n) is 6.28. The van der Waals surface area contributed by atoms with Crippen LogP contribution in [-0.2, 0) is 11.3 Å². The Morgan fingerprint density at radius 3 is 2.83 bits per heavy atom. The van der Waals surface area contributed by atoms with Gasteiger partial charge in [0.2, 0.25) is 0 Å². The summed E-state index contributed by atoms with van der Waals surface area (Å²) in [4.78, 5) is 20.4. The molecule has 0 unspecified atom stereocenters. The largest absolute Gasteiger partial charge is 0.377 e. The minimum absolute atomic E-state index is 0.116. The first-order valence-electron chi connectivity index (χ1n) is 3.35. The van der Waals surface area contributed by atoms with E-state index in [0.29, 0.717) is 24.1 Å². The van der Waals surface area contributed by atoms with Gasteiger partial charge in [0.05, 0.1) is 6.54 Å². The van der Waals surface area contributed by atoms with Crippen LogP contribution in [0.5, 0.6) is 0 Å². The van der Waals surface area contributed by atoms with E-state index in [9.17, 15) is 9.59 Å². The highest BCUT2D eigenvalue weighted by Crippen LogP contribution is 2.11. The molecule has 0 aliphatic rings. The molecule has 1 heterocycles. The Labute approximate surface area is 68.2 Å². The molecule has 12 heavy (non-hydrogen) atoms. The van der Waals surface area contributed by atoms with Crippen LogP contribution in [0.15, 0.2) is 0 Å². The van der Waals surface area contributed by atoms with E-state index in [1.807, 2.05) is 0 Å². The fourth-order valence-corrected chi connectivity index (χ4v) is 0.885. The molecule has 0 saturated carbocycles. The summed E-state index contributed by atoms with van der Waals surface area (Å²) in [5, 5.41) is 13.6. The van der Waals surface area contributed by atoms with Gasteiger partial charge in [-0.3, -0.25) is 14.6 Å². The molecule has 3 N–H and O–H groups in total. The van der Waals surface area contributed by atoms with Crippen LogP contribution in [0.1, 0.15) is 10.5 Å². The van der Waals surface area contributed by atoms with Crippen molar-refractivity contribution in [2.75, 3.05) is 12.0 Å². The highest BCUT2D eigenvalue weighted by Gasteiger charge is 2.11. The first-order valence-corrected chi connectivity index (χ1v) is 3.35. The fourth-order valence-electron chi connectivity index (χ4n) is 0.885. The number of nitrogens with zero attached hydrogens (tertiary/aromatic N) is 1. The fraction of sp³-hybridized carbons (Fsp3) is 0.333. The van der Waals surface area contributed by atoms with Gasteiger partial charge in [-0.1, -0.05) is 0 Å². The van der Waals surface area contributed by atoms with E-state index in [4.69, 9.17) is 5.11 Å². The van der Waals surface area contributed by atoms with E-state index in [1.165, 1.54) is 4.68 Å². The number of aliphatic hydroxyl groups excluding tert-OH is 1. The lowest BCUT2D eigenvalue weighted by molar-refractivity contribution is -0.108. The maximum Gasteiger partial charge on any atom is 0.171 e. The van der Waals surface area contributed by atoms with Crippen LogP contribution in [-0.4, -0.2) is 34.2 Å². The highest BCUT2D eigenvalue weighted by molar-refractivity contribution is 5.81. The number of nitrogens with one attached hydrogen (secondary N) is 2. The number of carbonyl (C=O) groups is 2. The minimum atomic E-state index is -0.255. The van der Waals surface area contributed by atoms with Gasteiger partial charge in [-0.25, -0.2) is 0 Å². The molecular weight excluding hydrogens is 162 g/mol. The molecule has 0 aliphatic carbocycles. The summed E-state index contributed by atoms with van der Waals surface area (Å²) < 4.78 is 1.37. The summed E-state index contributed by atoms with van der Waals surface area (Å²) in [6, 6.07) is 0. The smallest absolute Gasteiger partial charge is 0.171 e. The van der Waals surface area contributed by atoms with Crippen molar-refractivity contribution in [3.8, 4) is 0 Å². The molecule has 0 aromatic carbocycles. The first-order chi connectivity index (χ1) is 5.83. The standard InChI is InChI=1S/C6H9N3O3/c10-2-1-9-5(3-11)6(8-9)7-4-12/h2-3,7-8,12H,1,4H2. The second-order valence-electron chi connectivity index (χ2n) is 2.10. The third-order valence-electron chi connectivity index (χ3n) is 1.42. The van der Waals surface area contributed by atoms with Gasteiger partial charge in [0.1, 0.15) is 24.5 Å². The number of aliphatic hydroxyl groups is 1. The van der Waals surface area contributed by atoms with Crippen LogP contribution in [0, 0.1) is 0 Å². The summed E-state index contributed by atoms with van der Waals surface area (Å²) in [7, 11) is 0. The number of aromatic nitrogens is 2. The Morgan fingerprint density at radius 1 is 1.58 bits per heavy atom. The number of aromatic amines is 1. The van der Waals surface area contributed by atoms with E-state index in [-0.39, 0.29) is 13.3 Å². The quantitative estimate of drug-likeness (QED) is 0.399. The van der Waals surface area contributed by atoms with Gasteiger partial charge in [0, 0.05) is 0 Å². The lowest BCUT2D eigenvalue weighted by Gasteiger charge is -2.18. The second-order valence-corrected chi connectivity index (χ2v) is 2.10. The SMILES string of the molecule is O=CCn1[nH]c(NCO)c1C=O. The van der Waals surface area contributed by atoms with Crippen molar-refractivity contribution in [2.24, 2.45) is 0 Å². The number of anilines is 1. The first kappa shape index (κ1) is 8.54. The second kappa shape index (κ2) is 3.72. The number of aldehydes is 2. The summed E-state index contributed by atoms with van der Waals surface area (Å²) in [6.07, 6.45) is 1.28. The van der Waals surface area contributed by atoms with Crippen LogP contribution in [0.25, 0.3) is 0 Å². The molecule has 0 atom stereocenters. The van der Waals surface area contributed by atoms with Crippen molar-refractivity contribution < 1.29 is 14.7 Å². The third-order valence-corrected chi connectivity index (χ3v) is 1.42. The Bertz CT molecular complexity index is 276. The van der Waals surface area contributed by atoms with Crippen molar-refractivity contribution in [1.82, 2.24) is 9.78 Å². The van der Waals surface area contributed by atoms with Gasteiger partial charge < -0.3 is 15.2 Å². The molecule has 66 valence electrons. The van der Waals surface area contributed by atoms with Gasteiger partial charge in [0.25, 0.3) is 0 Å². The Kier molecular flexibility index (Phi) is 2.65. The summed E-state index contributed by atoms with van der Waals surface area (Å²) in [6.45, 7) is -0.140. The molecule has 1 aromatic rings. The molecule has 0 spiro atoms. The van der Waals surface area contributed by atoms with E-state index >= 15 is 0 Å². The molecule has 0 bridgehead atoms. The molecule has 6 heteroatoms. The molecule has 0 aliphatic heterocycles. The van der Waals surface area contributed by atoms with Gasteiger partial charge in [-0.05, 0) is 0 Å². The Balaban J connectivity index is 2.70.